The number of pyridine rings is 1. The summed E-state index contributed by atoms with van der Waals surface area (Å²) in [5.41, 5.74) is 3.35. The number of amides is 1. The van der Waals surface area contributed by atoms with Gasteiger partial charge in [-0.3, -0.25) is 9.78 Å². The van der Waals surface area contributed by atoms with E-state index in [0.717, 1.165) is 22.0 Å². The Hall–Kier alpha value is -2.24. The van der Waals surface area contributed by atoms with Crippen molar-refractivity contribution in [2.75, 3.05) is 11.2 Å². The van der Waals surface area contributed by atoms with Crippen LogP contribution in [0.15, 0.2) is 54.0 Å². The molecule has 2 aromatic heterocycles. The summed E-state index contributed by atoms with van der Waals surface area (Å²) < 4.78 is 0. The number of anilines is 1. The van der Waals surface area contributed by atoms with Crippen molar-refractivity contribution in [3.63, 3.8) is 0 Å². The van der Waals surface area contributed by atoms with E-state index in [9.17, 15) is 4.79 Å². The van der Waals surface area contributed by atoms with Gasteiger partial charge in [-0.05, 0) is 24.3 Å². The zero-order chi connectivity index (χ0) is 15.4. The molecule has 22 heavy (non-hydrogen) atoms. The van der Waals surface area contributed by atoms with Gasteiger partial charge in [0, 0.05) is 22.8 Å². The van der Waals surface area contributed by atoms with E-state index in [1.165, 1.54) is 11.3 Å². The molecule has 1 aromatic carbocycles. The lowest BCUT2D eigenvalue weighted by molar-refractivity contribution is -0.113. The van der Waals surface area contributed by atoms with E-state index in [-0.39, 0.29) is 11.8 Å². The van der Waals surface area contributed by atoms with Crippen LogP contribution in [0.5, 0.6) is 0 Å². The number of hydrogen-bond donors (Lipinski definition) is 1. The molecule has 0 saturated heterocycles. The molecule has 0 aliphatic rings. The number of carbonyl (C=O) groups excluding carboxylic acids is 1. The Morgan fingerprint density at radius 2 is 2.09 bits per heavy atom. The van der Waals surface area contributed by atoms with Crippen LogP contribution >= 0.6 is 22.9 Å². The number of benzene rings is 1. The summed E-state index contributed by atoms with van der Waals surface area (Å²) in [6, 6.07) is 13.3. The molecule has 0 aliphatic heterocycles. The Kier molecular flexibility index (Phi) is 4.46. The molecule has 110 valence electrons. The summed E-state index contributed by atoms with van der Waals surface area (Å²) in [7, 11) is 0. The van der Waals surface area contributed by atoms with E-state index in [1.807, 2.05) is 47.8 Å². The molecule has 0 aliphatic carbocycles. The van der Waals surface area contributed by atoms with Gasteiger partial charge in [-0.1, -0.05) is 18.2 Å². The van der Waals surface area contributed by atoms with Gasteiger partial charge < -0.3 is 5.32 Å². The number of thiazole rings is 1. The summed E-state index contributed by atoms with van der Waals surface area (Å²) in [6.07, 6.45) is 1.75. The third kappa shape index (κ3) is 3.32. The van der Waals surface area contributed by atoms with Gasteiger partial charge in [0.15, 0.2) is 0 Å². The van der Waals surface area contributed by atoms with E-state index >= 15 is 0 Å². The van der Waals surface area contributed by atoms with Crippen molar-refractivity contribution in [2.24, 2.45) is 0 Å². The summed E-state index contributed by atoms with van der Waals surface area (Å²) in [5, 5.41) is 5.58. The van der Waals surface area contributed by atoms with E-state index in [1.54, 1.807) is 6.20 Å². The normalized spacial score (nSPS) is 10.4. The molecule has 0 unspecified atom stereocenters. The van der Waals surface area contributed by atoms with Crippen molar-refractivity contribution in [3.05, 3.63) is 54.0 Å². The van der Waals surface area contributed by atoms with E-state index in [4.69, 9.17) is 11.6 Å². The highest BCUT2D eigenvalue weighted by molar-refractivity contribution is 7.13. The summed E-state index contributed by atoms with van der Waals surface area (Å²) in [6.45, 7) is 0. The SMILES string of the molecule is O=C(CCl)Nc1cccc(-c2csc(-c3ccccn3)n2)c1. The van der Waals surface area contributed by atoms with Crippen LogP contribution < -0.4 is 5.32 Å². The second-order valence-corrected chi connectivity index (χ2v) is 5.64. The minimum atomic E-state index is -0.230. The van der Waals surface area contributed by atoms with Crippen molar-refractivity contribution in [2.45, 2.75) is 0 Å². The number of carbonyl (C=O) groups is 1. The maximum atomic E-state index is 11.4. The van der Waals surface area contributed by atoms with Crippen molar-refractivity contribution < 1.29 is 4.79 Å². The molecule has 0 atom stereocenters. The minimum Gasteiger partial charge on any atom is -0.325 e. The van der Waals surface area contributed by atoms with Crippen LogP contribution in [0.25, 0.3) is 22.0 Å². The highest BCUT2D eigenvalue weighted by Gasteiger charge is 2.08. The van der Waals surface area contributed by atoms with Gasteiger partial charge in [0.2, 0.25) is 5.91 Å². The highest BCUT2D eigenvalue weighted by Crippen LogP contribution is 2.28. The van der Waals surface area contributed by atoms with Crippen molar-refractivity contribution >= 4 is 34.5 Å². The molecule has 0 fully saturated rings. The fourth-order valence-corrected chi connectivity index (χ4v) is 2.84. The quantitative estimate of drug-likeness (QED) is 0.735. The Balaban J connectivity index is 1.87. The molecular formula is C16H12ClN3OS. The lowest BCUT2D eigenvalue weighted by Gasteiger charge is -2.04. The first kappa shape index (κ1) is 14.7. The molecule has 0 radical (unpaired) electrons. The van der Waals surface area contributed by atoms with Gasteiger partial charge in [-0.25, -0.2) is 4.98 Å². The van der Waals surface area contributed by atoms with Crippen LogP contribution in [0.4, 0.5) is 5.69 Å². The summed E-state index contributed by atoms with van der Waals surface area (Å²) in [4.78, 5) is 20.3. The van der Waals surface area contributed by atoms with Crippen LogP contribution in [-0.2, 0) is 4.79 Å². The Labute approximate surface area is 136 Å². The van der Waals surface area contributed by atoms with Crippen LogP contribution in [0, 0.1) is 0 Å². The minimum absolute atomic E-state index is 0.0647. The topological polar surface area (TPSA) is 54.9 Å². The second kappa shape index (κ2) is 6.68. The lowest BCUT2D eigenvalue weighted by atomic mass is 10.1. The molecule has 2 heterocycles. The first-order chi connectivity index (χ1) is 10.8. The van der Waals surface area contributed by atoms with Gasteiger partial charge in [-0.2, -0.15) is 0 Å². The molecule has 1 N–H and O–H groups in total. The average Bonchev–Trinajstić information content (AvgIpc) is 3.06. The van der Waals surface area contributed by atoms with Crippen LogP contribution in [-0.4, -0.2) is 21.8 Å². The average molecular weight is 330 g/mol. The third-order valence-corrected chi connectivity index (χ3v) is 4.06. The van der Waals surface area contributed by atoms with Gasteiger partial charge in [-0.15, -0.1) is 22.9 Å². The number of alkyl halides is 1. The van der Waals surface area contributed by atoms with Gasteiger partial charge in [0.05, 0.1) is 11.4 Å². The Morgan fingerprint density at radius 1 is 1.18 bits per heavy atom. The molecule has 0 bridgehead atoms. The van der Waals surface area contributed by atoms with Crippen molar-refractivity contribution in [3.8, 4) is 22.0 Å². The fraction of sp³-hybridized carbons (Fsp3) is 0.0625. The number of halogens is 1. The Morgan fingerprint density at radius 3 is 2.86 bits per heavy atom. The maximum Gasteiger partial charge on any atom is 0.239 e. The number of rotatable bonds is 4. The largest absolute Gasteiger partial charge is 0.325 e. The van der Waals surface area contributed by atoms with Crippen molar-refractivity contribution in [1.82, 2.24) is 9.97 Å². The Bertz CT molecular complexity index is 789. The van der Waals surface area contributed by atoms with Gasteiger partial charge in [0.1, 0.15) is 10.9 Å². The van der Waals surface area contributed by atoms with Gasteiger partial charge in [0.25, 0.3) is 0 Å². The standard InChI is InChI=1S/C16H12ClN3OS/c17-9-15(21)19-12-5-3-4-11(8-12)14-10-22-16(20-14)13-6-1-2-7-18-13/h1-8,10H,9H2,(H,19,21). The van der Waals surface area contributed by atoms with E-state index in [2.05, 4.69) is 15.3 Å². The van der Waals surface area contributed by atoms with Crippen LogP contribution in [0.2, 0.25) is 0 Å². The first-order valence-corrected chi connectivity index (χ1v) is 8.01. The molecule has 3 rings (SSSR count). The van der Waals surface area contributed by atoms with Gasteiger partial charge >= 0.3 is 0 Å². The fourth-order valence-electron chi connectivity index (χ4n) is 1.96. The number of nitrogens with one attached hydrogen (secondary N) is 1. The highest BCUT2D eigenvalue weighted by atomic mass is 35.5. The van der Waals surface area contributed by atoms with Crippen LogP contribution in [0.1, 0.15) is 0 Å². The lowest BCUT2D eigenvalue weighted by Crippen LogP contribution is -2.12. The molecule has 0 saturated carbocycles. The number of aromatic nitrogens is 2. The summed E-state index contributed by atoms with van der Waals surface area (Å²) in [5.74, 6) is -0.295. The first-order valence-electron chi connectivity index (χ1n) is 6.59. The third-order valence-electron chi connectivity index (χ3n) is 2.95. The number of nitrogens with zero attached hydrogens (tertiary/aromatic N) is 2. The monoisotopic (exact) mass is 329 g/mol. The van der Waals surface area contributed by atoms with E-state index in [0.29, 0.717) is 5.69 Å². The molecule has 3 aromatic rings. The number of hydrogen-bond acceptors (Lipinski definition) is 4. The molecule has 4 nitrogen and oxygen atoms in total. The van der Waals surface area contributed by atoms with Crippen molar-refractivity contribution in [1.29, 1.82) is 0 Å². The van der Waals surface area contributed by atoms with E-state index < -0.39 is 0 Å². The predicted molar refractivity (Wildman–Crippen MR) is 90.1 cm³/mol. The molecule has 6 heteroatoms. The maximum absolute atomic E-state index is 11.4. The zero-order valence-corrected chi connectivity index (χ0v) is 13.1. The summed E-state index contributed by atoms with van der Waals surface area (Å²) >= 11 is 7.04. The van der Waals surface area contributed by atoms with Crippen LogP contribution in [0.3, 0.4) is 0 Å². The molecule has 0 spiro atoms. The smallest absolute Gasteiger partial charge is 0.239 e. The molecular weight excluding hydrogens is 318 g/mol. The second-order valence-electron chi connectivity index (χ2n) is 4.52. The predicted octanol–water partition coefficient (Wildman–Crippen LogP) is 4.05. The molecule has 1 amide bonds. The zero-order valence-electron chi connectivity index (χ0n) is 11.5.